The Bertz CT molecular complexity index is 626. The quantitative estimate of drug-likeness (QED) is 0.898. The van der Waals surface area contributed by atoms with Crippen LogP contribution in [0.4, 0.5) is 17.3 Å². The molecule has 1 aromatic heterocycles. The van der Waals surface area contributed by atoms with Crippen LogP contribution in [-0.2, 0) is 0 Å². The Morgan fingerprint density at radius 2 is 1.95 bits per heavy atom. The number of hydrogen-bond acceptors (Lipinski definition) is 4. The number of hydrogen-bond donors (Lipinski definition) is 2. The number of benzene rings is 1. The molecule has 1 aromatic carbocycles. The van der Waals surface area contributed by atoms with Crippen molar-refractivity contribution in [2.24, 2.45) is 0 Å². The molecule has 0 bridgehead atoms. The average Bonchev–Trinajstić information content (AvgIpc) is 3.17. The number of nitrogens with two attached hydrogens (primary N) is 1. The smallest absolute Gasteiger partial charge is 0.136 e. The lowest BCUT2D eigenvalue weighted by atomic mass is 10.3. The largest absolute Gasteiger partial charge is 0.384 e. The van der Waals surface area contributed by atoms with Gasteiger partial charge < -0.3 is 11.1 Å². The second-order valence-electron chi connectivity index (χ2n) is 4.56. The molecule has 1 aliphatic carbocycles. The fourth-order valence-corrected chi connectivity index (χ4v) is 2.14. The van der Waals surface area contributed by atoms with E-state index in [0.29, 0.717) is 33.3 Å². The number of rotatable bonds is 3. The molecular formula is C13H12Cl2N4. The van der Waals surface area contributed by atoms with Gasteiger partial charge in [0.25, 0.3) is 0 Å². The van der Waals surface area contributed by atoms with Gasteiger partial charge in [-0.3, -0.25) is 0 Å². The number of nitrogens with one attached hydrogen (secondary N) is 1. The van der Waals surface area contributed by atoms with E-state index >= 15 is 0 Å². The van der Waals surface area contributed by atoms with Gasteiger partial charge in [-0.1, -0.05) is 23.2 Å². The summed E-state index contributed by atoms with van der Waals surface area (Å²) in [6.45, 7) is 0. The lowest BCUT2D eigenvalue weighted by molar-refractivity contribution is 0.936. The molecule has 3 rings (SSSR count). The van der Waals surface area contributed by atoms with Crippen LogP contribution in [0, 0.1) is 0 Å². The fourth-order valence-electron chi connectivity index (χ4n) is 1.80. The minimum atomic E-state index is 0.443. The normalized spacial score (nSPS) is 14.4. The molecule has 0 unspecified atom stereocenters. The van der Waals surface area contributed by atoms with Crippen LogP contribution in [0.2, 0.25) is 10.0 Å². The standard InChI is InChI=1S/C13H12Cl2N4/c14-8-3-4-9(15)10(5-8)17-12-6-11(16)18-13(19-12)7-1-2-7/h3-7H,1-2H2,(H3,16,17,18,19). The molecule has 19 heavy (non-hydrogen) atoms. The molecule has 0 radical (unpaired) electrons. The van der Waals surface area contributed by atoms with Crippen LogP contribution in [0.15, 0.2) is 24.3 Å². The van der Waals surface area contributed by atoms with Crippen LogP contribution < -0.4 is 11.1 Å². The first kappa shape index (κ1) is 12.5. The van der Waals surface area contributed by atoms with Gasteiger partial charge in [-0.25, -0.2) is 9.97 Å². The van der Waals surface area contributed by atoms with E-state index in [9.17, 15) is 0 Å². The molecule has 98 valence electrons. The van der Waals surface area contributed by atoms with E-state index in [-0.39, 0.29) is 0 Å². The molecule has 1 heterocycles. The molecule has 0 atom stereocenters. The van der Waals surface area contributed by atoms with Gasteiger partial charge in [0, 0.05) is 17.0 Å². The molecule has 1 aliphatic rings. The topological polar surface area (TPSA) is 63.8 Å². The highest BCUT2D eigenvalue weighted by atomic mass is 35.5. The van der Waals surface area contributed by atoms with E-state index in [2.05, 4.69) is 15.3 Å². The van der Waals surface area contributed by atoms with Crippen LogP contribution in [0.25, 0.3) is 0 Å². The first-order valence-corrected chi connectivity index (χ1v) is 6.74. The molecule has 1 saturated carbocycles. The zero-order valence-corrected chi connectivity index (χ0v) is 11.5. The molecule has 0 amide bonds. The maximum atomic E-state index is 6.10. The molecule has 4 nitrogen and oxygen atoms in total. The first-order valence-electron chi connectivity index (χ1n) is 5.98. The predicted molar refractivity (Wildman–Crippen MR) is 78.2 cm³/mol. The Hall–Kier alpha value is -1.52. The van der Waals surface area contributed by atoms with Crippen molar-refractivity contribution in [1.82, 2.24) is 9.97 Å². The summed E-state index contributed by atoms with van der Waals surface area (Å²) in [5, 5.41) is 4.32. The van der Waals surface area contributed by atoms with Crippen molar-refractivity contribution in [2.45, 2.75) is 18.8 Å². The van der Waals surface area contributed by atoms with Crippen molar-refractivity contribution in [1.29, 1.82) is 0 Å². The SMILES string of the molecule is Nc1cc(Nc2cc(Cl)ccc2Cl)nc(C2CC2)n1. The van der Waals surface area contributed by atoms with Crippen LogP contribution in [-0.4, -0.2) is 9.97 Å². The molecule has 2 aromatic rings. The van der Waals surface area contributed by atoms with Gasteiger partial charge in [0.05, 0.1) is 10.7 Å². The molecule has 0 saturated heterocycles. The zero-order valence-electron chi connectivity index (χ0n) is 10.0. The minimum absolute atomic E-state index is 0.443. The maximum absolute atomic E-state index is 6.10. The van der Waals surface area contributed by atoms with Crippen molar-refractivity contribution < 1.29 is 0 Å². The highest BCUT2D eigenvalue weighted by Gasteiger charge is 2.27. The van der Waals surface area contributed by atoms with E-state index in [1.54, 1.807) is 24.3 Å². The summed E-state index contributed by atoms with van der Waals surface area (Å²) in [4.78, 5) is 8.70. The van der Waals surface area contributed by atoms with Crippen molar-refractivity contribution in [3.05, 3.63) is 40.1 Å². The van der Waals surface area contributed by atoms with E-state index in [1.807, 2.05) is 0 Å². The summed E-state index contributed by atoms with van der Waals surface area (Å²) in [5.41, 5.74) is 6.50. The molecule has 6 heteroatoms. The Balaban J connectivity index is 1.92. The molecule has 0 aliphatic heterocycles. The number of anilines is 3. The van der Waals surface area contributed by atoms with Gasteiger partial charge in [-0.05, 0) is 31.0 Å². The summed E-state index contributed by atoms with van der Waals surface area (Å²) >= 11 is 12.1. The van der Waals surface area contributed by atoms with Crippen molar-refractivity contribution in [2.75, 3.05) is 11.1 Å². The lowest BCUT2D eigenvalue weighted by Crippen LogP contribution is -2.03. The molecule has 3 N–H and O–H groups in total. The Morgan fingerprint density at radius 1 is 1.16 bits per heavy atom. The summed E-state index contributed by atoms with van der Waals surface area (Å²) in [6, 6.07) is 6.90. The van der Waals surface area contributed by atoms with Crippen molar-refractivity contribution in [3.63, 3.8) is 0 Å². The second-order valence-corrected chi connectivity index (χ2v) is 5.40. The van der Waals surface area contributed by atoms with E-state index < -0.39 is 0 Å². The zero-order chi connectivity index (χ0) is 13.4. The van der Waals surface area contributed by atoms with Gasteiger partial charge >= 0.3 is 0 Å². The molecular weight excluding hydrogens is 283 g/mol. The van der Waals surface area contributed by atoms with Crippen LogP contribution in [0.5, 0.6) is 0 Å². The van der Waals surface area contributed by atoms with Gasteiger partial charge in [0.2, 0.25) is 0 Å². The van der Waals surface area contributed by atoms with Gasteiger partial charge in [-0.2, -0.15) is 0 Å². The second kappa shape index (κ2) is 4.87. The highest BCUT2D eigenvalue weighted by molar-refractivity contribution is 6.35. The third kappa shape index (κ3) is 2.91. The fraction of sp³-hybridized carbons (Fsp3) is 0.231. The van der Waals surface area contributed by atoms with Crippen LogP contribution >= 0.6 is 23.2 Å². The monoisotopic (exact) mass is 294 g/mol. The third-order valence-electron chi connectivity index (χ3n) is 2.90. The number of nitrogens with zero attached hydrogens (tertiary/aromatic N) is 2. The Labute approximate surface area is 121 Å². The first-order chi connectivity index (χ1) is 9.11. The molecule has 1 fully saturated rings. The summed E-state index contributed by atoms with van der Waals surface area (Å²) in [6.07, 6.45) is 2.25. The van der Waals surface area contributed by atoms with E-state index in [0.717, 1.165) is 18.7 Å². The van der Waals surface area contributed by atoms with E-state index in [4.69, 9.17) is 28.9 Å². The van der Waals surface area contributed by atoms with Crippen LogP contribution in [0.1, 0.15) is 24.6 Å². The minimum Gasteiger partial charge on any atom is -0.384 e. The van der Waals surface area contributed by atoms with Gasteiger partial charge in [-0.15, -0.1) is 0 Å². The lowest BCUT2D eigenvalue weighted by Gasteiger charge is -2.10. The third-order valence-corrected chi connectivity index (χ3v) is 3.46. The summed E-state index contributed by atoms with van der Waals surface area (Å²) in [5.74, 6) is 2.33. The van der Waals surface area contributed by atoms with Gasteiger partial charge in [0.15, 0.2) is 0 Å². The number of halogens is 2. The number of aromatic nitrogens is 2. The molecule has 0 spiro atoms. The highest BCUT2D eigenvalue weighted by Crippen LogP contribution is 2.39. The van der Waals surface area contributed by atoms with E-state index in [1.165, 1.54) is 0 Å². The summed E-state index contributed by atoms with van der Waals surface area (Å²) in [7, 11) is 0. The predicted octanol–water partition coefficient (Wildman–Crippen LogP) is 3.99. The summed E-state index contributed by atoms with van der Waals surface area (Å²) < 4.78 is 0. The average molecular weight is 295 g/mol. The Kier molecular flexibility index (Phi) is 3.21. The van der Waals surface area contributed by atoms with Gasteiger partial charge in [0.1, 0.15) is 17.5 Å². The van der Waals surface area contributed by atoms with Crippen LogP contribution in [0.3, 0.4) is 0 Å². The number of nitrogen functional groups attached to an aromatic ring is 1. The maximum Gasteiger partial charge on any atom is 0.136 e. The Morgan fingerprint density at radius 3 is 2.68 bits per heavy atom. The van der Waals surface area contributed by atoms with Crippen molar-refractivity contribution in [3.8, 4) is 0 Å². The van der Waals surface area contributed by atoms with Crippen molar-refractivity contribution >= 4 is 40.5 Å².